The van der Waals surface area contributed by atoms with Gasteiger partial charge in [0.05, 0.1) is 33.8 Å². The molecule has 26 heavy (non-hydrogen) atoms. The Balaban J connectivity index is 1.91. The minimum atomic E-state index is -0.0908. The molecule has 5 nitrogen and oxygen atoms in total. The highest BCUT2D eigenvalue weighted by atomic mass is 35.5. The van der Waals surface area contributed by atoms with Crippen LogP contribution in [0.25, 0.3) is 5.69 Å². The molecule has 1 atom stereocenters. The average molecular weight is 376 g/mol. The largest absolute Gasteiger partial charge is 0.376 e. The van der Waals surface area contributed by atoms with E-state index in [1.807, 2.05) is 31.2 Å². The first-order valence-electron chi connectivity index (χ1n) is 9.20. The number of nitrogens with zero attached hydrogens (tertiary/aromatic N) is 2. The Kier molecular flexibility index (Phi) is 5.99. The third kappa shape index (κ3) is 4.10. The third-order valence-corrected chi connectivity index (χ3v) is 4.93. The molecule has 6 heteroatoms. The molecule has 1 fully saturated rings. The number of benzene rings is 1. The minimum Gasteiger partial charge on any atom is -0.376 e. The number of carbonyl (C=O) groups excluding carboxylic acids is 1. The molecular weight excluding hydrogens is 350 g/mol. The Labute approximate surface area is 159 Å². The highest BCUT2D eigenvalue weighted by Gasteiger charge is 2.24. The van der Waals surface area contributed by atoms with Crippen LogP contribution in [0, 0.1) is 12.8 Å². The smallest absolute Gasteiger partial charge is 0.255 e. The zero-order chi connectivity index (χ0) is 18.7. The van der Waals surface area contributed by atoms with Crippen molar-refractivity contribution in [2.45, 2.75) is 46.1 Å². The number of para-hydroxylation sites is 1. The maximum atomic E-state index is 12.9. The van der Waals surface area contributed by atoms with Crippen molar-refractivity contribution >= 4 is 17.5 Å². The van der Waals surface area contributed by atoms with E-state index in [0.717, 1.165) is 42.9 Å². The third-order valence-electron chi connectivity index (χ3n) is 4.61. The van der Waals surface area contributed by atoms with Gasteiger partial charge in [-0.25, -0.2) is 4.68 Å². The van der Waals surface area contributed by atoms with Crippen LogP contribution in [0.2, 0.25) is 5.02 Å². The first-order chi connectivity index (χ1) is 12.5. The number of hydrogen-bond acceptors (Lipinski definition) is 3. The number of carbonyl (C=O) groups is 1. The van der Waals surface area contributed by atoms with Crippen LogP contribution in [-0.2, 0) is 11.2 Å². The van der Waals surface area contributed by atoms with Crippen molar-refractivity contribution in [3.05, 3.63) is 46.2 Å². The number of aromatic nitrogens is 2. The fraction of sp³-hybridized carbons (Fsp3) is 0.500. The highest BCUT2D eigenvalue weighted by molar-refractivity contribution is 6.32. The van der Waals surface area contributed by atoms with Crippen LogP contribution in [0.1, 0.15) is 48.4 Å². The molecule has 2 heterocycles. The highest BCUT2D eigenvalue weighted by Crippen LogP contribution is 2.25. The molecule has 1 saturated heterocycles. The molecular formula is C20H26ClN3O2. The summed E-state index contributed by atoms with van der Waals surface area (Å²) in [6, 6.07) is 7.55. The van der Waals surface area contributed by atoms with Crippen molar-refractivity contribution in [3.63, 3.8) is 0 Å². The van der Waals surface area contributed by atoms with Gasteiger partial charge in [0, 0.05) is 13.2 Å². The fourth-order valence-electron chi connectivity index (χ4n) is 3.34. The van der Waals surface area contributed by atoms with Gasteiger partial charge >= 0.3 is 0 Å². The summed E-state index contributed by atoms with van der Waals surface area (Å²) in [5.74, 6) is 0.306. The van der Waals surface area contributed by atoms with Crippen LogP contribution >= 0.6 is 11.6 Å². The standard InChI is InChI=1S/C20H26ClN3O2/c1-13(2)11-17-19(20(25)22-12-15-7-6-10-26-15)14(3)24(23-17)18-9-5-4-8-16(18)21/h4-5,8-9,13,15H,6-7,10-12H2,1-3H3,(H,22,25)/t15-/m0/s1. The molecule has 0 radical (unpaired) electrons. The summed E-state index contributed by atoms with van der Waals surface area (Å²) in [5.41, 5.74) is 3.05. The molecule has 1 aromatic carbocycles. The predicted octanol–water partition coefficient (Wildman–Crippen LogP) is 3.94. The summed E-state index contributed by atoms with van der Waals surface area (Å²) >= 11 is 6.35. The monoisotopic (exact) mass is 375 g/mol. The van der Waals surface area contributed by atoms with Gasteiger partial charge in [-0.2, -0.15) is 5.10 Å². The summed E-state index contributed by atoms with van der Waals surface area (Å²) in [5, 5.41) is 8.36. The number of halogens is 1. The zero-order valence-corrected chi connectivity index (χ0v) is 16.3. The zero-order valence-electron chi connectivity index (χ0n) is 15.6. The Bertz CT molecular complexity index is 779. The van der Waals surface area contributed by atoms with Gasteiger partial charge < -0.3 is 10.1 Å². The SMILES string of the molecule is Cc1c(C(=O)NC[C@@H]2CCCO2)c(CC(C)C)nn1-c1ccccc1Cl. The van der Waals surface area contributed by atoms with Crippen LogP contribution < -0.4 is 5.32 Å². The van der Waals surface area contributed by atoms with E-state index in [1.165, 1.54) is 0 Å². The van der Waals surface area contributed by atoms with E-state index in [2.05, 4.69) is 19.2 Å². The van der Waals surface area contributed by atoms with Gasteiger partial charge in [0.1, 0.15) is 0 Å². The van der Waals surface area contributed by atoms with Crippen LogP contribution in [0.4, 0.5) is 0 Å². The first-order valence-corrected chi connectivity index (χ1v) is 9.58. The predicted molar refractivity (Wildman–Crippen MR) is 103 cm³/mol. The van der Waals surface area contributed by atoms with E-state index in [-0.39, 0.29) is 12.0 Å². The van der Waals surface area contributed by atoms with E-state index in [4.69, 9.17) is 21.4 Å². The second-order valence-electron chi connectivity index (χ2n) is 7.21. The van der Waals surface area contributed by atoms with Crippen molar-refractivity contribution < 1.29 is 9.53 Å². The Morgan fingerprint density at radius 2 is 2.19 bits per heavy atom. The quantitative estimate of drug-likeness (QED) is 0.831. The molecule has 2 aromatic rings. The van der Waals surface area contributed by atoms with Gasteiger partial charge in [-0.05, 0) is 44.2 Å². The second kappa shape index (κ2) is 8.23. The van der Waals surface area contributed by atoms with Crippen LogP contribution in [0.3, 0.4) is 0 Å². The van der Waals surface area contributed by atoms with Crippen molar-refractivity contribution in [2.24, 2.45) is 5.92 Å². The van der Waals surface area contributed by atoms with Crippen molar-refractivity contribution in [3.8, 4) is 5.69 Å². The number of ether oxygens (including phenoxy) is 1. The number of rotatable bonds is 6. The van der Waals surface area contributed by atoms with E-state index >= 15 is 0 Å². The topological polar surface area (TPSA) is 56.1 Å². The van der Waals surface area contributed by atoms with Gasteiger partial charge in [-0.3, -0.25) is 4.79 Å². The van der Waals surface area contributed by atoms with Crippen LogP contribution in [0.5, 0.6) is 0 Å². The van der Waals surface area contributed by atoms with Crippen molar-refractivity contribution in [1.29, 1.82) is 0 Å². The fourth-order valence-corrected chi connectivity index (χ4v) is 3.56. The molecule has 0 aliphatic carbocycles. The van der Waals surface area contributed by atoms with Gasteiger partial charge in [-0.15, -0.1) is 0 Å². The molecule has 1 aromatic heterocycles. The van der Waals surface area contributed by atoms with Gasteiger partial charge in [0.2, 0.25) is 0 Å². The van der Waals surface area contributed by atoms with Crippen molar-refractivity contribution in [1.82, 2.24) is 15.1 Å². The lowest BCUT2D eigenvalue weighted by atomic mass is 10.0. The average Bonchev–Trinajstić information content (AvgIpc) is 3.21. The molecule has 1 amide bonds. The minimum absolute atomic E-state index is 0.0908. The normalized spacial score (nSPS) is 17.0. The number of hydrogen-bond donors (Lipinski definition) is 1. The number of nitrogens with one attached hydrogen (secondary N) is 1. The van der Waals surface area contributed by atoms with E-state index < -0.39 is 0 Å². The Morgan fingerprint density at radius 3 is 2.85 bits per heavy atom. The number of amides is 1. The van der Waals surface area contributed by atoms with Crippen LogP contribution in [-0.4, -0.2) is 34.9 Å². The maximum absolute atomic E-state index is 12.9. The van der Waals surface area contributed by atoms with E-state index in [9.17, 15) is 4.79 Å². The van der Waals surface area contributed by atoms with E-state index in [1.54, 1.807) is 4.68 Å². The molecule has 0 spiro atoms. The Hall–Kier alpha value is -1.85. The van der Waals surface area contributed by atoms with Gasteiger partial charge in [0.25, 0.3) is 5.91 Å². The molecule has 1 aliphatic rings. The lowest BCUT2D eigenvalue weighted by molar-refractivity contribution is 0.0856. The molecule has 140 valence electrons. The maximum Gasteiger partial charge on any atom is 0.255 e. The molecule has 0 saturated carbocycles. The summed E-state index contributed by atoms with van der Waals surface area (Å²) in [6.07, 6.45) is 2.91. The van der Waals surface area contributed by atoms with Crippen LogP contribution in [0.15, 0.2) is 24.3 Å². The molecule has 1 N–H and O–H groups in total. The lowest BCUT2D eigenvalue weighted by Gasteiger charge is -2.12. The molecule has 0 unspecified atom stereocenters. The molecule has 1 aliphatic heterocycles. The van der Waals surface area contributed by atoms with E-state index in [0.29, 0.717) is 23.0 Å². The second-order valence-corrected chi connectivity index (χ2v) is 7.62. The summed E-state index contributed by atoms with van der Waals surface area (Å²) < 4.78 is 7.38. The van der Waals surface area contributed by atoms with Gasteiger partial charge in [0.15, 0.2) is 0 Å². The summed E-state index contributed by atoms with van der Waals surface area (Å²) in [6.45, 7) is 7.48. The Morgan fingerprint density at radius 1 is 1.42 bits per heavy atom. The summed E-state index contributed by atoms with van der Waals surface area (Å²) in [7, 11) is 0. The molecule has 0 bridgehead atoms. The first kappa shape index (κ1) is 18.9. The lowest BCUT2D eigenvalue weighted by Crippen LogP contribution is -2.32. The van der Waals surface area contributed by atoms with Gasteiger partial charge in [-0.1, -0.05) is 37.6 Å². The summed E-state index contributed by atoms with van der Waals surface area (Å²) in [4.78, 5) is 12.9. The van der Waals surface area contributed by atoms with Crippen molar-refractivity contribution in [2.75, 3.05) is 13.2 Å². The molecule has 3 rings (SSSR count).